The Hall–Kier alpha value is -1.66. The molecule has 0 unspecified atom stereocenters. The standard InChI is InChI=1S/C10H14N2O4/c1-7-9(11-8(5-13)6-14)3-2-4-10(7)12(15)16/h2-4,8,11,13-14H,5-6H2,1H3. The molecule has 3 N–H and O–H groups in total. The number of hydrogen-bond acceptors (Lipinski definition) is 5. The van der Waals surface area contributed by atoms with Crippen LogP contribution < -0.4 is 5.32 Å². The minimum atomic E-state index is -0.513. The zero-order valence-electron chi connectivity index (χ0n) is 8.88. The van der Waals surface area contributed by atoms with Gasteiger partial charge in [0.15, 0.2) is 0 Å². The van der Waals surface area contributed by atoms with E-state index in [0.29, 0.717) is 11.3 Å². The number of rotatable bonds is 5. The van der Waals surface area contributed by atoms with Gasteiger partial charge in [0.2, 0.25) is 0 Å². The summed E-state index contributed by atoms with van der Waals surface area (Å²) in [6.45, 7) is 1.14. The summed E-state index contributed by atoms with van der Waals surface area (Å²) in [5, 5.41) is 31.3. The summed E-state index contributed by atoms with van der Waals surface area (Å²) < 4.78 is 0. The summed E-state index contributed by atoms with van der Waals surface area (Å²) in [6, 6.07) is 4.12. The number of anilines is 1. The molecule has 88 valence electrons. The minimum absolute atomic E-state index is 0.0135. The molecule has 6 heteroatoms. The predicted molar refractivity (Wildman–Crippen MR) is 59.4 cm³/mol. The summed E-state index contributed by atoms with van der Waals surface area (Å²) in [6.07, 6.45) is 0. The summed E-state index contributed by atoms with van der Waals surface area (Å²) >= 11 is 0. The van der Waals surface area contributed by atoms with Crippen molar-refractivity contribution in [1.29, 1.82) is 0 Å². The van der Waals surface area contributed by atoms with E-state index in [0.717, 1.165) is 0 Å². The van der Waals surface area contributed by atoms with Crippen molar-refractivity contribution in [3.05, 3.63) is 33.9 Å². The quantitative estimate of drug-likeness (QED) is 0.506. The second-order valence-electron chi connectivity index (χ2n) is 3.41. The van der Waals surface area contributed by atoms with Crippen molar-refractivity contribution in [2.75, 3.05) is 18.5 Å². The predicted octanol–water partition coefficient (Wildman–Crippen LogP) is 0.668. The largest absolute Gasteiger partial charge is 0.394 e. The molecule has 0 aromatic heterocycles. The molecule has 0 aliphatic rings. The number of nitrogens with zero attached hydrogens (tertiary/aromatic N) is 1. The minimum Gasteiger partial charge on any atom is -0.394 e. The average Bonchev–Trinajstić information content (AvgIpc) is 2.27. The Labute approximate surface area is 92.7 Å². The Morgan fingerprint density at radius 3 is 2.56 bits per heavy atom. The van der Waals surface area contributed by atoms with Crippen LogP contribution >= 0.6 is 0 Å². The first kappa shape index (κ1) is 12.4. The molecule has 1 rings (SSSR count). The fourth-order valence-corrected chi connectivity index (χ4v) is 1.35. The van der Waals surface area contributed by atoms with Crippen molar-refractivity contribution in [3.8, 4) is 0 Å². The number of nitrogens with one attached hydrogen (secondary N) is 1. The highest BCUT2D eigenvalue weighted by atomic mass is 16.6. The molecule has 0 fully saturated rings. The Morgan fingerprint density at radius 2 is 2.06 bits per heavy atom. The van der Waals surface area contributed by atoms with Crippen LogP contribution in [-0.2, 0) is 0 Å². The first-order valence-corrected chi connectivity index (χ1v) is 4.82. The number of aliphatic hydroxyl groups is 2. The van der Waals surface area contributed by atoms with Crippen LogP contribution in [0.3, 0.4) is 0 Å². The van der Waals surface area contributed by atoms with Crippen molar-refractivity contribution in [1.82, 2.24) is 0 Å². The number of benzene rings is 1. The summed E-state index contributed by atoms with van der Waals surface area (Å²) in [7, 11) is 0. The Balaban J connectivity index is 2.97. The number of aliphatic hydroxyl groups excluding tert-OH is 2. The van der Waals surface area contributed by atoms with Gasteiger partial charge in [0.25, 0.3) is 5.69 Å². The highest BCUT2D eigenvalue weighted by Crippen LogP contribution is 2.25. The van der Waals surface area contributed by atoms with E-state index in [1.54, 1.807) is 19.1 Å². The normalized spacial score (nSPS) is 10.5. The van der Waals surface area contributed by atoms with Crippen LogP contribution in [0, 0.1) is 17.0 Å². The van der Waals surface area contributed by atoms with Gasteiger partial charge in [-0.25, -0.2) is 0 Å². The third kappa shape index (κ3) is 2.68. The number of nitro benzene ring substituents is 1. The van der Waals surface area contributed by atoms with Crippen LogP contribution in [0.4, 0.5) is 11.4 Å². The molecule has 16 heavy (non-hydrogen) atoms. The molecule has 0 atom stereocenters. The van der Waals surface area contributed by atoms with Crippen LogP contribution in [0.5, 0.6) is 0 Å². The Kier molecular flexibility index (Phi) is 4.21. The Bertz CT molecular complexity index is 377. The van der Waals surface area contributed by atoms with Crippen LogP contribution in [-0.4, -0.2) is 34.4 Å². The molecule has 0 aliphatic carbocycles. The molecule has 0 heterocycles. The van der Waals surface area contributed by atoms with Crippen LogP contribution in [0.25, 0.3) is 0 Å². The van der Waals surface area contributed by atoms with Gasteiger partial charge in [-0.15, -0.1) is 0 Å². The molecule has 0 amide bonds. The lowest BCUT2D eigenvalue weighted by Gasteiger charge is -2.16. The molecular weight excluding hydrogens is 212 g/mol. The molecule has 0 spiro atoms. The fraction of sp³-hybridized carbons (Fsp3) is 0.400. The van der Waals surface area contributed by atoms with Crippen LogP contribution in [0.2, 0.25) is 0 Å². The topological polar surface area (TPSA) is 95.6 Å². The van der Waals surface area contributed by atoms with Gasteiger partial charge < -0.3 is 15.5 Å². The molecule has 0 radical (unpaired) electrons. The molecule has 0 saturated heterocycles. The average molecular weight is 226 g/mol. The maximum Gasteiger partial charge on any atom is 0.274 e. The van der Waals surface area contributed by atoms with E-state index in [1.807, 2.05) is 0 Å². The van der Waals surface area contributed by atoms with E-state index in [-0.39, 0.29) is 18.9 Å². The van der Waals surface area contributed by atoms with E-state index in [1.165, 1.54) is 6.07 Å². The molecule has 0 aliphatic heterocycles. The van der Waals surface area contributed by atoms with Crippen molar-refractivity contribution < 1.29 is 15.1 Å². The van der Waals surface area contributed by atoms with Gasteiger partial charge in [0, 0.05) is 17.3 Å². The maximum absolute atomic E-state index is 10.7. The van der Waals surface area contributed by atoms with Gasteiger partial charge >= 0.3 is 0 Å². The van der Waals surface area contributed by atoms with Gasteiger partial charge in [-0.05, 0) is 13.0 Å². The van der Waals surface area contributed by atoms with Gasteiger partial charge in [-0.1, -0.05) is 6.07 Å². The number of hydrogen-bond donors (Lipinski definition) is 3. The van der Waals surface area contributed by atoms with E-state index < -0.39 is 11.0 Å². The van der Waals surface area contributed by atoms with E-state index in [9.17, 15) is 10.1 Å². The van der Waals surface area contributed by atoms with E-state index in [2.05, 4.69) is 5.32 Å². The first-order chi connectivity index (χ1) is 7.60. The molecule has 6 nitrogen and oxygen atoms in total. The summed E-state index contributed by atoms with van der Waals surface area (Å²) in [5.74, 6) is 0. The summed E-state index contributed by atoms with van der Waals surface area (Å²) in [5.41, 5.74) is 1.04. The molecule has 0 bridgehead atoms. The molecular formula is C10H14N2O4. The third-order valence-corrected chi connectivity index (χ3v) is 2.30. The van der Waals surface area contributed by atoms with Gasteiger partial charge in [-0.3, -0.25) is 10.1 Å². The SMILES string of the molecule is Cc1c(NC(CO)CO)cccc1[N+](=O)[O-]. The fourth-order valence-electron chi connectivity index (χ4n) is 1.35. The lowest BCUT2D eigenvalue weighted by atomic mass is 10.1. The maximum atomic E-state index is 10.7. The van der Waals surface area contributed by atoms with Gasteiger partial charge in [0.05, 0.1) is 24.2 Å². The summed E-state index contributed by atoms with van der Waals surface area (Å²) in [4.78, 5) is 10.2. The smallest absolute Gasteiger partial charge is 0.274 e. The Morgan fingerprint density at radius 1 is 1.44 bits per heavy atom. The van der Waals surface area contributed by atoms with Crippen molar-refractivity contribution >= 4 is 11.4 Å². The zero-order chi connectivity index (χ0) is 12.1. The molecule has 1 aromatic carbocycles. The lowest BCUT2D eigenvalue weighted by Crippen LogP contribution is -2.28. The number of nitro groups is 1. The molecule has 0 saturated carbocycles. The van der Waals surface area contributed by atoms with Crippen molar-refractivity contribution in [3.63, 3.8) is 0 Å². The second kappa shape index (κ2) is 5.43. The van der Waals surface area contributed by atoms with E-state index in [4.69, 9.17) is 10.2 Å². The van der Waals surface area contributed by atoms with Gasteiger partial charge in [0.1, 0.15) is 0 Å². The van der Waals surface area contributed by atoms with E-state index >= 15 is 0 Å². The van der Waals surface area contributed by atoms with Crippen LogP contribution in [0.1, 0.15) is 5.56 Å². The van der Waals surface area contributed by atoms with Crippen molar-refractivity contribution in [2.24, 2.45) is 0 Å². The highest BCUT2D eigenvalue weighted by Gasteiger charge is 2.15. The highest BCUT2D eigenvalue weighted by molar-refractivity contribution is 5.60. The zero-order valence-corrected chi connectivity index (χ0v) is 8.88. The van der Waals surface area contributed by atoms with Crippen molar-refractivity contribution in [2.45, 2.75) is 13.0 Å². The van der Waals surface area contributed by atoms with Gasteiger partial charge in [-0.2, -0.15) is 0 Å². The monoisotopic (exact) mass is 226 g/mol. The first-order valence-electron chi connectivity index (χ1n) is 4.82. The lowest BCUT2D eigenvalue weighted by molar-refractivity contribution is -0.385. The molecule has 1 aromatic rings. The third-order valence-electron chi connectivity index (χ3n) is 2.30. The van der Waals surface area contributed by atoms with Crippen LogP contribution in [0.15, 0.2) is 18.2 Å². The second-order valence-corrected chi connectivity index (χ2v) is 3.41.